The molecule has 0 spiro atoms. The van der Waals surface area contributed by atoms with Crippen molar-refractivity contribution in [3.8, 4) is 0 Å². The zero-order valence-corrected chi connectivity index (χ0v) is 13.3. The van der Waals surface area contributed by atoms with Crippen LogP contribution in [-0.2, 0) is 0 Å². The first-order valence-electron chi connectivity index (χ1n) is 7.03. The number of rotatable bonds is 4. The van der Waals surface area contributed by atoms with Gasteiger partial charge < -0.3 is 5.11 Å². The molecule has 1 fully saturated rings. The van der Waals surface area contributed by atoms with Crippen molar-refractivity contribution < 1.29 is 5.11 Å². The number of hydrogen-bond acceptors (Lipinski definition) is 2. The summed E-state index contributed by atoms with van der Waals surface area (Å²) in [6.45, 7) is 4.66. The van der Waals surface area contributed by atoms with Crippen molar-refractivity contribution >= 4 is 23.4 Å². The highest BCUT2D eigenvalue weighted by Gasteiger charge is 2.30. The maximum atomic E-state index is 10.3. The second-order valence-corrected chi connectivity index (χ2v) is 7.87. The van der Waals surface area contributed by atoms with Gasteiger partial charge in [-0.3, -0.25) is 0 Å². The zero-order valence-electron chi connectivity index (χ0n) is 11.7. The normalized spacial score (nSPS) is 21.3. The molecule has 1 saturated carbocycles. The Labute approximate surface area is 125 Å². The molecule has 1 aliphatic carbocycles. The zero-order chi connectivity index (χ0) is 13.9. The summed E-state index contributed by atoms with van der Waals surface area (Å²) in [5.41, 5.74) is 0.469. The van der Waals surface area contributed by atoms with E-state index >= 15 is 0 Å². The Balaban J connectivity index is 1.80. The van der Waals surface area contributed by atoms with E-state index in [1.807, 2.05) is 24.3 Å². The van der Waals surface area contributed by atoms with E-state index in [0.29, 0.717) is 11.3 Å². The van der Waals surface area contributed by atoms with Crippen LogP contribution in [0.2, 0.25) is 5.02 Å². The molecule has 1 aliphatic rings. The molecule has 0 heterocycles. The SMILES string of the molecule is CC1(C)CCC(C(O)CSc2cccc(Cl)c2)CC1. The maximum absolute atomic E-state index is 10.3. The summed E-state index contributed by atoms with van der Waals surface area (Å²) >= 11 is 7.67. The molecule has 106 valence electrons. The molecule has 1 aromatic rings. The Morgan fingerprint density at radius 1 is 1.37 bits per heavy atom. The lowest BCUT2D eigenvalue weighted by atomic mass is 9.72. The van der Waals surface area contributed by atoms with E-state index in [0.717, 1.165) is 28.5 Å². The quantitative estimate of drug-likeness (QED) is 0.789. The van der Waals surface area contributed by atoms with Crippen LogP contribution in [0, 0.1) is 11.3 Å². The first-order valence-corrected chi connectivity index (χ1v) is 8.39. The van der Waals surface area contributed by atoms with Gasteiger partial charge in [-0.15, -0.1) is 11.8 Å². The topological polar surface area (TPSA) is 20.2 Å². The van der Waals surface area contributed by atoms with E-state index in [1.165, 1.54) is 12.8 Å². The average molecular weight is 299 g/mol. The summed E-state index contributed by atoms with van der Waals surface area (Å²) in [6.07, 6.45) is 4.59. The predicted molar refractivity (Wildman–Crippen MR) is 83.9 cm³/mol. The van der Waals surface area contributed by atoms with E-state index in [-0.39, 0.29) is 6.10 Å². The first kappa shape index (κ1) is 15.2. The van der Waals surface area contributed by atoms with Gasteiger partial charge in [-0.25, -0.2) is 0 Å². The van der Waals surface area contributed by atoms with Gasteiger partial charge in [-0.1, -0.05) is 31.5 Å². The van der Waals surface area contributed by atoms with Crippen LogP contribution in [-0.4, -0.2) is 17.0 Å². The second-order valence-electron chi connectivity index (χ2n) is 6.34. The van der Waals surface area contributed by atoms with Crippen molar-refractivity contribution in [3.63, 3.8) is 0 Å². The Morgan fingerprint density at radius 3 is 2.68 bits per heavy atom. The molecular formula is C16H23ClOS. The highest BCUT2D eigenvalue weighted by atomic mass is 35.5. The van der Waals surface area contributed by atoms with Crippen molar-refractivity contribution in [1.29, 1.82) is 0 Å². The smallest absolute Gasteiger partial charge is 0.0662 e. The van der Waals surface area contributed by atoms with Crippen LogP contribution < -0.4 is 0 Å². The molecule has 2 rings (SSSR count). The second kappa shape index (κ2) is 6.51. The number of aliphatic hydroxyl groups excluding tert-OH is 1. The number of benzene rings is 1. The van der Waals surface area contributed by atoms with Gasteiger partial charge in [0.15, 0.2) is 0 Å². The Kier molecular flexibility index (Phi) is 5.22. The van der Waals surface area contributed by atoms with Gasteiger partial charge in [0.2, 0.25) is 0 Å². The summed E-state index contributed by atoms with van der Waals surface area (Å²) in [6, 6.07) is 7.85. The minimum absolute atomic E-state index is 0.194. The van der Waals surface area contributed by atoms with Crippen molar-refractivity contribution in [2.24, 2.45) is 11.3 Å². The van der Waals surface area contributed by atoms with Crippen LogP contribution in [0.15, 0.2) is 29.2 Å². The van der Waals surface area contributed by atoms with Crippen molar-refractivity contribution in [2.45, 2.75) is 50.5 Å². The van der Waals surface area contributed by atoms with Crippen LogP contribution >= 0.6 is 23.4 Å². The molecule has 0 saturated heterocycles. The molecular weight excluding hydrogens is 276 g/mol. The van der Waals surface area contributed by atoms with Crippen LogP contribution in [0.25, 0.3) is 0 Å². The highest BCUT2D eigenvalue weighted by Crippen LogP contribution is 2.40. The van der Waals surface area contributed by atoms with Crippen LogP contribution in [0.1, 0.15) is 39.5 Å². The predicted octanol–water partition coefficient (Wildman–Crippen LogP) is 5.01. The van der Waals surface area contributed by atoms with Crippen molar-refractivity contribution in [3.05, 3.63) is 29.3 Å². The summed E-state index contributed by atoms with van der Waals surface area (Å²) in [5, 5.41) is 11.1. The third-order valence-electron chi connectivity index (χ3n) is 4.14. The van der Waals surface area contributed by atoms with Gasteiger partial charge in [0.05, 0.1) is 6.10 Å². The number of aliphatic hydroxyl groups is 1. The Bertz CT molecular complexity index is 409. The number of halogens is 1. The third-order valence-corrected chi connectivity index (χ3v) is 5.48. The van der Waals surface area contributed by atoms with Crippen molar-refractivity contribution in [2.75, 3.05) is 5.75 Å². The molecule has 3 heteroatoms. The van der Waals surface area contributed by atoms with Crippen LogP contribution in [0.5, 0.6) is 0 Å². The molecule has 1 aromatic carbocycles. The minimum Gasteiger partial charge on any atom is -0.392 e. The molecule has 0 bridgehead atoms. The minimum atomic E-state index is -0.194. The third kappa shape index (κ3) is 4.70. The molecule has 1 nitrogen and oxygen atoms in total. The fraction of sp³-hybridized carbons (Fsp3) is 0.625. The molecule has 0 aliphatic heterocycles. The summed E-state index contributed by atoms with van der Waals surface area (Å²) in [5.74, 6) is 1.24. The summed E-state index contributed by atoms with van der Waals surface area (Å²) < 4.78 is 0. The fourth-order valence-corrected chi connectivity index (χ4v) is 3.96. The molecule has 0 amide bonds. The van der Waals surface area contributed by atoms with Gasteiger partial charge >= 0.3 is 0 Å². The van der Waals surface area contributed by atoms with Crippen molar-refractivity contribution in [1.82, 2.24) is 0 Å². The standard InChI is InChI=1S/C16H23ClOS/c1-16(2)8-6-12(7-9-16)15(18)11-19-14-5-3-4-13(17)10-14/h3-5,10,12,15,18H,6-9,11H2,1-2H3. The van der Waals surface area contributed by atoms with Gasteiger partial charge in [-0.05, 0) is 55.2 Å². The lowest BCUT2D eigenvalue weighted by Crippen LogP contribution is -2.30. The van der Waals surface area contributed by atoms with Crippen LogP contribution in [0.3, 0.4) is 0 Å². The van der Waals surface area contributed by atoms with E-state index in [2.05, 4.69) is 13.8 Å². The monoisotopic (exact) mass is 298 g/mol. The van der Waals surface area contributed by atoms with E-state index in [1.54, 1.807) is 11.8 Å². The summed E-state index contributed by atoms with van der Waals surface area (Å²) in [7, 11) is 0. The Morgan fingerprint density at radius 2 is 2.05 bits per heavy atom. The first-order chi connectivity index (χ1) is 8.96. The molecule has 0 aromatic heterocycles. The highest BCUT2D eigenvalue weighted by molar-refractivity contribution is 7.99. The molecule has 0 radical (unpaired) electrons. The van der Waals surface area contributed by atoms with Crippen LogP contribution in [0.4, 0.5) is 0 Å². The van der Waals surface area contributed by atoms with E-state index < -0.39 is 0 Å². The molecule has 1 unspecified atom stereocenters. The summed E-state index contributed by atoms with van der Waals surface area (Å²) in [4.78, 5) is 1.14. The lowest BCUT2D eigenvalue weighted by molar-refractivity contribution is 0.0730. The van der Waals surface area contributed by atoms with Gasteiger partial charge in [0.25, 0.3) is 0 Å². The van der Waals surface area contributed by atoms with E-state index in [4.69, 9.17) is 11.6 Å². The molecule has 19 heavy (non-hydrogen) atoms. The number of hydrogen-bond donors (Lipinski definition) is 1. The Hall–Kier alpha value is -0.180. The maximum Gasteiger partial charge on any atom is 0.0662 e. The number of thioether (sulfide) groups is 1. The van der Waals surface area contributed by atoms with Gasteiger partial charge in [0.1, 0.15) is 0 Å². The molecule has 1 atom stereocenters. The van der Waals surface area contributed by atoms with Gasteiger partial charge in [0, 0.05) is 15.7 Å². The van der Waals surface area contributed by atoms with Gasteiger partial charge in [-0.2, -0.15) is 0 Å². The lowest BCUT2D eigenvalue weighted by Gasteiger charge is -2.36. The fourth-order valence-electron chi connectivity index (χ4n) is 2.68. The largest absolute Gasteiger partial charge is 0.392 e. The van der Waals surface area contributed by atoms with E-state index in [9.17, 15) is 5.11 Å². The average Bonchev–Trinajstić information content (AvgIpc) is 2.36. The molecule has 1 N–H and O–H groups in total.